The second-order valence-electron chi connectivity index (χ2n) is 25.5. The van der Waals surface area contributed by atoms with Gasteiger partial charge in [-0.1, -0.05) is 331 Å². The number of aliphatic carboxylic acids is 1. The zero-order valence-electron chi connectivity index (χ0n) is 56.1. The van der Waals surface area contributed by atoms with Crippen molar-refractivity contribution in [2.24, 2.45) is 0 Å². The van der Waals surface area contributed by atoms with Crippen molar-refractivity contribution < 1.29 is 42.9 Å². The molecule has 2 atom stereocenters. The minimum absolute atomic E-state index is 0.179. The maximum Gasteiger partial charge on any atom is 0.361 e. The smallest absolute Gasteiger partial charge is 0.361 e. The van der Waals surface area contributed by atoms with E-state index < -0.39 is 24.3 Å². The molecule has 0 aromatic heterocycles. The van der Waals surface area contributed by atoms with Gasteiger partial charge >= 0.3 is 17.9 Å². The summed E-state index contributed by atoms with van der Waals surface area (Å²) in [6.45, 7) is 4.82. The molecule has 0 saturated heterocycles. The molecule has 0 heterocycles. The number of esters is 2. The molecule has 0 aliphatic heterocycles. The average molecular weight is 1180 g/mol. The summed E-state index contributed by atoms with van der Waals surface area (Å²) >= 11 is 0. The molecule has 1 N–H and O–H groups in total. The minimum Gasteiger partial charge on any atom is -0.477 e. The van der Waals surface area contributed by atoms with E-state index in [0.29, 0.717) is 17.4 Å². The van der Waals surface area contributed by atoms with E-state index in [9.17, 15) is 19.5 Å². The average Bonchev–Trinajstić information content (AvgIpc) is 3.55. The van der Waals surface area contributed by atoms with Gasteiger partial charge in [0.1, 0.15) is 13.2 Å². The van der Waals surface area contributed by atoms with Gasteiger partial charge in [0.15, 0.2) is 6.10 Å². The molecule has 84 heavy (non-hydrogen) atoms. The van der Waals surface area contributed by atoms with Crippen LogP contribution in [-0.2, 0) is 33.3 Å². The lowest BCUT2D eigenvalue weighted by atomic mass is 10.0. The van der Waals surface area contributed by atoms with Crippen LogP contribution in [0.4, 0.5) is 0 Å². The molecule has 0 rings (SSSR count). The first kappa shape index (κ1) is 81.0. The van der Waals surface area contributed by atoms with Gasteiger partial charge in [-0.3, -0.25) is 9.59 Å². The number of nitrogens with zero attached hydrogens (tertiary/aromatic N) is 1. The predicted molar refractivity (Wildman–Crippen MR) is 360 cm³/mol. The van der Waals surface area contributed by atoms with Crippen LogP contribution in [-0.4, -0.2) is 87.4 Å². The Morgan fingerprint density at radius 3 is 1.01 bits per heavy atom. The van der Waals surface area contributed by atoms with Crippen LogP contribution in [0.15, 0.2) is 60.8 Å². The van der Waals surface area contributed by atoms with Crippen LogP contribution in [0, 0.1) is 0 Å². The van der Waals surface area contributed by atoms with Gasteiger partial charge in [-0.15, -0.1) is 0 Å². The quantitative estimate of drug-likeness (QED) is 0.0211. The summed E-state index contributed by atoms with van der Waals surface area (Å²) in [6, 6.07) is 0. The molecule has 0 aliphatic carbocycles. The van der Waals surface area contributed by atoms with Gasteiger partial charge in [-0.25, -0.2) is 4.79 Å². The van der Waals surface area contributed by atoms with Crippen molar-refractivity contribution in [2.45, 2.75) is 354 Å². The summed E-state index contributed by atoms with van der Waals surface area (Å²) < 4.78 is 23.0. The lowest BCUT2D eigenvalue weighted by Gasteiger charge is -2.25. The molecule has 0 aromatic carbocycles. The molecule has 0 aromatic rings. The first-order chi connectivity index (χ1) is 41.1. The predicted octanol–water partition coefficient (Wildman–Crippen LogP) is 22.3. The Morgan fingerprint density at radius 2 is 0.679 bits per heavy atom. The molecule has 9 heteroatoms. The van der Waals surface area contributed by atoms with Crippen molar-refractivity contribution in [3.63, 3.8) is 0 Å². The number of rotatable bonds is 67. The molecule has 490 valence electrons. The van der Waals surface area contributed by atoms with E-state index in [1.807, 2.05) is 21.1 Å². The van der Waals surface area contributed by atoms with Gasteiger partial charge in [0.2, 0.25) is 0 Å². The lowest BCUT2D eigenvalue weighted by molar-refractivity contribution is -0.870. The van der Waals surface area contributed by atoms with Crippen molar-refractivity contribution >= 4 is 17.9 Å². The standard InChI is InChI=1S/C75H137NO8/c1-6-8-10-12-14-16-18-20-22-24-26-28-30-32-34-36-38-39-41-43-45-47-49-51-53-55-57-59-61-63-65-72(77)82-69-71(70-83-75(74(79)80)81-68-67-76(3,4)5)84-73(78)66-64-62-60-58-56-54-52-50-48-46-44-42-40-37-35-33-31-29-27-25-23-21-19-17-15-13-11-9-7-2/h9,11,15,17,21,23,27,29,33,35,71,75H,6-8,10,12-14,16,18-20,22,24-26,28,30-32,34,36-70H2,1-5H3/p+1/b11-9-,17-15-,23-21-,29-27-,35-33-. The van der Waals surface area contributed by atoms with Crippen molar-refractivity contribution in [1.82, 2.24) is 0 Å². The molecule has 0 saturated carbocycles. The Balaban J connectivity index is 4.07. The van der Waals surface area contributed by atoms with Gasteiger partial charge in [0, 0.05) is 12.8 Å². The largest absolute Gasteiger partial charge is 0.477 e. The Morgan fingerprint density at radius 1 is 0.369 bits per heavy atom. The summed E-state index contributed by atoms with van der Waals surface area (Å²) in [6.07, 6.45) is 83.4. The Hall–Kier alpha value is -3.01. The van der Waals surface area contributed by atoms with Gasteiger partial charge in [0.25, 0.3) is 6.29 Å². The van der Waals surface area contributed by atoms with Crippen LogP contribution in [0.1, 0.15) is 341 Å². The van der Waals surface area contributed by atoms with Crippen LogP contribution in [0.2, 0.25) is 0 Å². The highest BCUT2D eigenvalue weighted by molar-refractivity contribution is 5.71. The number of carboxylic acids is 1. The first-order valence-electron chi connectivity index (χ1n) is 36.0. The molecule has 0 bridgehead atoms. The SMILES string of the molecule is CC/C=C\C/C=C\C/C=C\C/C=C\C/C=C\CCCCCCCCCCCCCCCC(=O)OC(COC(=O)CCCCCCCCCCCCCCCCCCCCCCCCCCCCCCCC)COC(OCC[N+](C)(C)C)C(=O)O. The van der Waals surface area contributed by atoms with Gasteiger partial charge in [0.05, 0.1) is 34.4 Å². The third-order valence-electron chi connectivity index (χ3n) is 16.0. The molecular weight excluding hydrogens is 1040 g/mol. The summed E-state index contributed by atoms with van der Waals surface area (Å²) in [5, 5.41) is 9.75. The number of likely N-dealkylation sites (N-methyl/N-ethyl adjacent to an activating group) is 1. The van der Waals surface area contributed by atoms with Crippen molar-refractivity contribution in [1.29, 1.82) is 0 Å². The summed E-state index contributed by atoms with van der Waals surface area (Å²) in [4.78, 5) is 37.6. The number of ether oxygens (including phenoxy) is 4. The molecule has 0 fully saturated rings. The zero-order valence-corrected chi connectivity index (χ0v) is 56.1. The fourth-order valence-corrected chi connectivity index (χ4v) is 10.6. The number of carboxylic acid groups (broad SMARTS) is 1. The van der Waals surface area contributed by atoms with Crippen molar-refractivity contribution in [2.75, 3.05) is 47.5 Å². The van der Waals surface area contributed by atoms with E-state index in [2.05, 4.69) is 74.6 Å². The van der Waals surface area contributed by atoms with Crippen LogP contribution in [0.25, 0.3) is 0 Å². The minimum atomic E-state index is -1.51. The number of hydrogen-bond donors (Lipinski definition) is 1. The van der Waals surface area contributed by atoms with E-state index in [0.717, 1.165) is 70.6 Å². The number of hydrogen-bond acceptors (Lipinski definition) is 7. The van der Waals surface area contributed by atoms with Gasteiger partial charge in [-0.05, 0) is 57.8 Å². The van der Waals surface area contributed by atoms with Crippen LogP contribution in [0.5, 0.6) is 0 Å². The number of unbranched alkanes of at least 4 members (excludes halogenated alkanes) is 42. The second-order valence-corrected chi connectivity index (χ2v) is 25.5. The molecule has 0 radical (unpaired) electrons. The summed E-state index contributed by atoms with van der Waals surface area (Å²) in [5.74, 6) is -1.99. The lowest BCUT2D eigenvalue weighted by Crippen LogP contribution is -2.40. The highest BCUT2D eigenvalue weighted by atomic mass is 16.7. The van der Waals surface area contributed by atoms with Gasteiger partial charge < -0.3 is 28.5 Å². The molecule has 0 amide bonds. The summed E-state index contributed by atoms with van der Waals surface area (Å²) in [5.41, 5.74) is 0. The van der Waals surface area contributed by atoms with E-state index >= 15 is 0 Å². The van der Waals surface area contributed by atoms with E-state index in [-0.39, 0.29) is 32.2 Å². The Kier molecular flexibility index (Phi) is 63.6. The Bertz CT molecular complexity index is 1560. The van der Waals surface area contributed by atoms with Crippen molar-refractivity contribution in [3.8, 4) is 0 Å². The maximum atomic E-state index is 12.9. The van der Waals surface area contributed by atoms with E-state index in [4.69, 9.17) is 18.9 Å². The monoisotopic (exact) mass is 1180 g/mol. The second kappa shape index (κ2) is 66.0. The number of carbonyl (C=O) groups is 3. The summed E-state index contributed by atoms with van der Waals surface area (Å²) in [7, 11) is 5.99. The van der Waals surface area contributed by atoms with Crippen molar-refractivity contribution in [3.05, 3.63) is 60.8 Å². The highest BCUT2D eigenvalue weighted by Gasteiger charge is 2.25. The van der Waals surface area contributed by atoms with E-state index in [1.54, 1.807) is 0 Å². The zero-order chi connectivity index (χ0) is 61.2. The van der Waals surface area contributed by atoms with E-state index in [1.165, 1.54) is 244 Å². The molecule has 0 spiro atoms. The first-order valence-corrected chi connectivity index (χ1v) is 36.0. The highest BCUT2D eigenvalue weighted by Crippen LogP contribution is 2.19. The third-order valence-corrected chi connectivity index (χ3v) is 16.0. The van der Waals surface area contributed by atoms with Gasteiger partial charge in [-0.2, -0.15) is 0 Å². The number of quaternary nitrogens is 1. The van der Waals surface area contributed by atoms with Crippen LogP contribution >= 0.6 is 0 Å². The van der Waals surface area contributed by atoms with Crippen LogP contribution in [0.3, 0.4) is 0 Å². The number of allylic oxidation sites excluding steroid dienone is 10. The fraction of sp³-hybridized carbons (Fsp3) is 0.827. The van der Waals surface area contributed by atoms with Crippen LogP contribution < -0.4 is 0 Å². The normalized spacial score (nSPS) is 13.0. The molecule has 9 nitrogen and oxygen atoms in total. The molecule has 0 aliphatic rings. The third kappa shape index (κ3) is 66.5. The fourth-order valence-electron chi connectivity index (χ4n) is 10.6. The number of carbonyl (C=O) groups excluding carboxylic acids is 2. The maximum absolute atomic E-state index is 12.9. The molecular formula is C75H138NO8+. The Labute approximate surface area is 520 Å². The topological polar surface area (TPSA) is 108 Å². The molecule has 2 unspecified atom stereocenters.